The van der Waals surface area contributed by atoms with Gasteiger partial charge in [-0.3, -0.25) is 0 Å². The van der Waals surface area contributed by atoms with Crippen LogP contribution in [-0.4, -0.2) is 0 Å². The second-order valence-electron chi connectivity index (χ2n) is 15.0. The van der Waals surface area contributed by atoms with Crippen molar-refractivity contribution in [3.05, 3.63) is 198 Å². The normalized spacial score (nSPS) is 16.6. The largest absolute Gasteiger partial charge is 0.310 e. The molecule has 1 aromatic heterocycles. The van der Waals surface area contributed by atoms with Crippen LogP contribution in [0.25, 0.3) is 54.3 Å². The number of rotatable bonds is 6. The minimum atomic E-state index is -0.617. The van der Waals surface area contributed by atoms with Crippen molar-refractivity contribution >= 4 is 28.4 Å². The Bertz CT molecular complexity index is 3170. The number of fused-ring (bicyclic) bond motifs is 6. The topological polar surface area (TPSA) is 3.24 Å². The maximum atomic E-state index is 9.81. The number of thiophene rings is 1. The summed E-state index contributed by atoms with van der Waals surface area (Å²) >= 11 is 1.74. The molecule has 7 aromatic carbocycles. The van der Waals surface area contributed by atoms with Crippen molar-refractivity contribution in [2.75, 3.05) is 4.90 Å². The molecular formula is C52H41NS. The van der Waals surface area contributed by atoms with Gasteiger partial charge in [0.15, 0.2) is 0 Å². The first-order chi connectivity index (χ1) is 30.1. The molecule has 0 radical (unpaired) electrons. The zero-order chi connectivity index (χ0) is 44.4. The predicted octanol–water partition coefficient (Wildman–Crippen LogP) is 14.8. The quantitative estimate of drug-likeness (QED) is 0.165. The molecule has 10 rings (SSSR count). The predicted molar refractivity (Wildman–Crippen MR) is 230 cm³/mol. The molecule has 0 amide bonds. The van der Waals surface area contributed by atoms with E-state index in [1.807, 2.05) is 59.5 Å². The molecular weight excluding hydrogens is 671 g/mol. The molecule has 0 saturated carbocycles. The van der Waals surface area contributed by atoms with E-state index in [1.165, 1.54) is 11.1 Å². The Kier molecular flexibility index (Phi) is 5.55. The van der Waals surface area contributed by atoms with Gasteiger partial charge in [0, 0.05) is 43.1 Å². The molecule has 2 aliphatic rings. The molecule has 260 valence electrons. The van der Waals surface area contributed by atoms with E-state index in [9.17, 15) is 5.48 Å². The third-order valence-corrected chi connectivity index (χ3v) is 12.5. The number of nitrogens with zero attached hydrogens (tertiary/aromatic N) is 1. The Labute approximate surface area is 335 Å². The zero-order valence-corrected chi connectivity index (χ0v) is 31.2. The van der Waals surface area contributed by atoms with Crippen LogP contribution in [0.4, 0.5) is 17.1 Å². The lowest BCUT2D eigenvalue weighted by Crippen LogP contribution is -2.18. The van der Waals surface area contributed by atoms with E-state index in [1.54, 1.807) is 11.3 Å². The second-order valence-corrected chi connectivity index (χ2v) is 16.0. The molecule has 0 fully saturated rings. The lowest BCUT2D eigenvalue weighted by molar-refractivity contribution is 0.660. The molecule has 0 unspecified atom stereocenters. The van der Waals surface area contributed by atoms with Gasteiger partial charge in [-0.25, -0.2) is 0 Å². The molecule has 0 N–H and O–H groups in total. The molecule has 8 aromatic rings. The van der Waals surface area contributed by atoms with Crippen molar-refractivity contribution in [2.24, 2.45) is 0 Å². The van der Waals surface area contributed by atoms with Gasteiger partial charge in [0.25, 0.3) is 0 Å². The van der Waals surface area contributed by atoms with E-state index in [4.69, 9.17) is 6.85 Å². The molecule has 1 heterocycles. The standard InChI is InChI=1S/C52H41NS/c1-51(2)42-24-15-14-23-40(42)41-32-31-39(33-44(41)51)53(38-29-27-35(28-30-38)34-17-8-5-9-18-34)45-26-16-25-43-46(45)47-48(52(43,3)4)50(37-21-12-7-13-22-37)54-49(47)36-19-10-6-11-20-36/h5-33H,1-4H3/i5D,8D,9D,17D,18D,27D,28D,29D,30D. The summed E-state index contributed by atoms with van der Waals surface area (Å²) in [7, 11) is 0. The Balaban J connectivity index is 1.31. The highest BCUT2D eigenvalue weighted by atomic mass is 32.1. The maximum Gasteiger partial charge on any atom is 0.0645 e. The van der Waals surface area contributed by atoms with Gasteiger partial charge in [-0.15, -0.1) is 11.3 Å². The summed E-state index contributed by atoms with van der Waals surface area (Å²) in [4.78, 5) is 4.07. The molecule has 1 nitrogen and oxygen atoms in total. The fraction of sp³-hybridized carbons (Fsp3) is 0.115. The van der Waals surface area contributed by atoms with Crippen LogP contribution in [0.5, 0.6) is 0 Å². The van der Waals surface area contributed by atoms with Gasteiger partial charge < -0.3 is 4.90 Å². The van der Waals surface area contributed by atoms with Gasteiger partial charge >= 0.3 is 0 Å². The van der Waals surface area contributed by atoms with E-state index in [-0.39, 0.29) is 16.8 Å². The average Bonchev–Trinajstić information content (AvgIpc) is 3.89. The summed E-state index contributed by atoms with van der Waals surface area (Å²) in [6.07, 6.45) is 0. The number of anilines is 3. The van der Waals surface area contributed by atoms with Gasteiger partial charge in [0.2, 0.25) is 0 Å². The Morgan fingerprint density at radius 2 is 1.07 bits per heavy atom. The van der Waals surface area contributed by atoms with Crippen molar-refractivity contribution in [1.82, 2.24) is 0 Å². The van der Waals surface area contributed by atoms with Crippen molar-refractivity contribution in [3.8, 4) is 54.3 Å². The van der Waals surface area contributed by atoms with Crippen LogP contribution < -0.4 is 4.90 Å². The highest BCUT2D eigenvalue weighted by Gasteiger charge is 2.44. The highest BCUT2D eigenvalue weighted by molar-refractivity contribution is 7.19. The highest BCUT2D eigenvalue weighted by Crippen LogP contribution is 2.62. The fourth-order valence-corrected chi connectivity index (χ4v) is 10.1. The third kappa shape index (κ3) is 4.90. The SMILES string of the molecule is [2H]c1c([2H])c([2H])c(-c2c([2H])c([2H])c(N(c3ccc4c(c3)C(C)(C)c3ccccc3-4)c3cccc4c3-c3c(-c5ccccc5)sc(-c5ccccc5)c3C4(C)C)c([2H])c2[2H])c([2H])c1[2H]. The van der Waals surface area contributed by atoms with Gasteiger partial charge in [-0.05, 0) is 85.9 Å². The number of hydrogen-bond acceptors (Lipinski definition) is 2. The van der Waals surface area contributed by atoms with Crippen LogP contribution >= 0.6 is 11.3 Å². The van der Waals surface area contributed by atoms with Gasteiger partial charge in [0.1, 0.15) is 0 Å². The smallest absolute Gasteiger partial charge is 0.0645 e. The summed E-state index contributed by atoms with van der Waals surface area (Å²) in [6.45, 7) is 8.85. The van der Waals surface area contributed by atoms with E-state index in [0.717, 1.165) is 54.3 Å². The van der Waals surface area contributed by atoms with Crippen LogP contribution in [0.2, 0.25) is 0 Å². The maximum absolute atomic E-state index is 9.81. The molecule has 54 heavy (non-hydrogen) atoms. The van der Waals surface area contributed by atoms with Gasteiger partial charge in [0.05, 0.1) is 18.0 Å². The van der Waals surface area contributed by atoms with Gasteiger partial charge in [-0.1, -0.05) is 173 Å². The molecule has 0 saturated heterocycles. The number of benzene rings is 7. The third-order valence-electron chi connectivity index (χ3n) is 11.2. The Morgan fingerprint density at radius 1 is 0.463 bits per heavy atom. The summed E-state index contributed by atoms with van der Waals surface area (Å²) < 4.78 is 81.1. The molecule has 0 bridgehead atoms. The molecule has 2 heteroatoms. The average molecular weight is 721 g/mol. The second kappa shape index (κ2) is 12.3. The summed E-state index contributed by atoms with van der Waals surface area (Å²) in [5.74, 6) is 0. The molecule has 0 spiro atoms. The summed E-state index contributed by atoms with van der Waals surface area (Å²) in [5, 5.41) is 0. The van der Waals surface area contributed by atoms with Crippen molar-refractivity contribution in [2.45, 2.75) is 38.5 Å². The van der Waals surface area contributed by atoms with Gasteiger partial charge in [-0.2, -0.15) is 0 Å². The van der Waals surface area contributed by atoms with E-state index in [0.29, 0.717) is 11.4 Å². The van der Waals surface area contributed by atoms with Crippen LogP contribution in [-0.2, 0) is 10.8 Å². The monoisotopic (exact) mass is 720 g/mol. The van der Waals surface area contributed by atoms with Crippen LogP contribution in [0.3, 0.4) is 0 Å². The minimum absolute atomic E-state index is 0.0196. The minimum Gasteiger partial charge on any atom is -0.310 e. The Morgan fingerprint density at radius 3 is 1.80 bits per heavy atom. The van der Waals surface area contributed by atoms with Crippen LogP contribution in [0.1, 0.15) is 62.3 Å². The van der Waals surface area contributed by atoms with Crippen LogP contribution in [0, 0.1) is 0 Å². The van der Waals surface area contributed by atoms with Crippen molar-refractivity contribution < 1.29 is 12.3 Å². The van der Waals surface area contributed by atoms with E-state index in [2.05, 4.69) is 94.4 Å². The first-order valence-electron chi connectivity index (χ1n) is 22.7. The van der Waals surface area contributed by atoms with Crippen LogP contribution in [0.15, 0.2) is 176 Å². The molecule has 0 atom stereocenters. The zero-order valence-electron chi connectivity index (χ0n) is 39.4. The van der Waals surface area contributed by atoms with E-state index < -0.39 is 65.2 Å². The van der Waals surface area contributed by atoms with E-state index >= 15 is 0 Å². The molecule has 2 aliphatic carbocycles. The summed E-state index contributed by atoms with van der Waals surface area (Å²) in [5.41, 5.74) is 10.4. The molecule has 0 aliphatic heterocycles. The Hall–Kier alpha value is -5.96. The first kappa shape index (κ1) is 24.4. The first-order valence-corrected chi connectivity index (χ1v) is 19.0. The lowest BCUT2D eigenvalue weighted by atomic mass is 9.81. The van der Waals surface area contributed by atoms with Crippen molar-refractivity contribution in [3.63, 3.8) is 0 Å². The summed E-state index contributed by atoms with van der Waals surface area (Å²) in [6, 6.07) is 36.5. The number of hydrogen-bond donors (Lipinski definition) is 0. The lowest BCUT2D eigenvalue weighted by Gasteiger charge is -2.31. The fourth-order valence-electron chi connectivity index (χ4n) is 8.63. The van der Waals surface area contributed by atoms with Crippen molar-refractivity contribution in [1.29, 1.82) is 0 Å².